The zero-order valence-corrected chi connectivity index (χ0v) is 11.5. The average Bonchev–Trinajstić information content (AvgIpc) is 2.74. The first-order valence-corrected chi connectivity index (χ1v) is 6.44. The third-order valence-electron chi connectivity index (χ3n) is 3.97. The van der Waals surface area contributed by atoms with Crippen molar-refractivity contribution in [1.82, 2.24) is 10.1 Å². The summed E-state index contributed by atoms with van der Waals surface area (Å²) < 4.78 is 18.7. The van der Waals surface area contributed by atoms with E-state index in [1.165, 1.54) is 12.1 Å². The van der Waals surface area contributed by atoms with E-state index in [0.717, 1.165) is 5.56 Å². The first kappa shape index (κ1) is 12.8. The van der Waals surface area contributed by atoms with Crippen molar-refractivity contribution in [1.29, 1.82) is 5.26 Å². The fourth-order valence-corrected chi connectivity index (χ4v) is 2.68. The van der Waals surface area contributed by atoms with Gasteiger partial charge in [0.15, 0.2) is 0 Å². The Morgan fingerprint density at radius 1 is 1.35 bits per heavy atom. The molecule has 0 aliphatic heterocycles. The average molecular weight is 271 g/mol. The van der Waals surface area contributed by atoms with E-state index in [1.54, 1.807) is 6.07 Å². The molecule has 1 aliphatic rings. The Morgan fingerprint density at radius 2 is 2.10 bits per heavy atom. The molecule has 0 spiro atoms. The van der Waals surface area contributed by atoms with Crippen LogP contribution >= 0.6 is 0 Å². The molecule has 1 saturated carbocycles. The molecule has 102 valence electrons. The van der Waals surface area contributed by atoms with Gasteiger partial charge in [0.2, 0.25) is 11.7 Å². The van der Waals surface area contributed by atoms with Gasteiger partial charge >= 0.3 is 0 Å². The summed E-state index contributed by atoms with van der Waals surface area (Å²) in [5, 5.41) is 13.0. The van der Waals surface area contributed by atoms with Crippen LogP contribution in [0, 0.1) is 35.4 Å². The molecule has 1 aromatic carbocycles. The van der Waals surface area contributed by atoms with Crippen LogP contribution in [0.2, 0.25) is 0 Å². The molecule has 5 heteroatoms. The number of benzene rings is 1. The molecule has 1 heterocycles. The van der Waals surface area contributed by atoms with E-state index >= 15 is 0 Å². The van der Waals surface area contributed by atoms with Crippen LogP contribution in [0.5, 0.6) is 0 Å². The molecule has 2 atom stereocenters. The number of nitrogens with zero attached hydrogens (tertiary/aromatic N) is 3. The summed E-state index contributed by atoms with van der Waals surface area (Å²) in [5.41, 5.74) is 1.24. The van der Waals surface area contributed by atoms with Crippen LogP contribution in [0.1, 0.15) is 31.2 Å². The molecule has 1 aromatic heterocycles. The summed E-state index contributed by atoms with van der Waals surface area (Å²) in [6.07, 6.45) is 0. The Kier molecular flexibility index (Phi) is 2.65. The van der Waals surface area contributed by atoms with Crippen molar-refractivity contribution >= 4 is 0 Å². The van der Waals surface area contributed by atoms with Gasteiger partial charge in [-0.2, -0.15) is 10.2 Å². The van der Waals surface area contributed by atoms with Crippen LogP contribution in [0.4, 0.5) is 4.39 Å². The molecule has 4 nitrogen and oxygen atoms in total. The van der Waals surface area contributed by atoms with E-state index in [2.05, 4.69) is 16.2 Å². The predicted octanol–water partition coefficient (Wildman–Crippen LogP) is 3.45. The van der Waals surface area contributed by atoms with Crippen LogP contribution in [0.15, 0.2) is 22.7 Å². The van der Waals surface area contributed by atoms with Crippen molar-refractivity contribution < 1.29 is 8.91 Å². The van der Waals surface area contributed by atoms with Crippen molar-refractivity contribution in [3.05, 3.63) is 35.5 Å². The highest BCUT2D eigenvalue weighted by atomic mass is 19.1. The number of halogens is 1. The van der Waals surface area contributed by atoms with Gasteiger partial charge in [-0.25, -0.2) is 4.39 Å². The summed E-state index contributed by atoms with van der Waals surface area (Å²) in [6.45, 7) is 5.81. The van der Waals surface area contributed by atoms with Crippen molar-refractivity contribution in [3.8, 4) is 17.5 Å². The third-order valence-corrected chi connectivity index (χ3v) is 3.97. The highest BCUT2D eigenvalue weighted by molar-refractivity contribution is 5.55. The van der Waals surface area contributed by atoms with Crippen molar-refractivity contribution in [2.75, 3.05) is 0 Å². The van der Waals surface area contributed by atoms with Gasteiger partial charge in [-0.3, -0.25) is 0 Å². The highest BCUT2D eigenvalue weighted by Gasteiger charge is 2.62. The van der Waals surface area contributed by atoms with Crippen LogP contribution in [-0.4, -0.2) is 10.1 Å². The number of hydrogen-bond donors (Lipinski definition) is 0. The van der Waals surface area contributed by atoms with Gasteiger partial charge in [-0.05, 0) is 36.1 Å². The summed E-state index contributed by atoms with van der Waals surface area (Å²) >= 11 is 0. The van der Waals surface area contributed by atoms with Crippen LogP contribution in [0.3, 0.4) is 0 Å². The molecule has 2 unspecified atom stereocenters. The van der Waals surface area contributed by atoms with Gasteiger partial charge in [0.1, 0.15) is 5.82 Å². The smallest absolute Gasteiger partial charge is 0.232 e. The van der Waals surface area contributed by atoms with E-state index in [9.17, 15) is 4.39 Å². The van der Waals surface area contributed by atoms with Crippen molar-refractivity contribution in [2.45, 2.75) is 26.7 Å². The van der Waals surface area contributed by atoms with Crippen molar-refractivity contribution in [3.63, 3.8) is 0 Å². The Morgan fingerprint density at radius 3 is 2.70 bits per heavy atom. The number of hydrogen-bond acceptors (Lipinski definition) is 4. The number of aryl methyl sites for hydroxylation is 1. The lowest BCUT2D eigenvalue weighted by Crippen LogP contribution is -1.90. The first-order chi connectivity index (χ1) is 9.43. The molecular formula is C15H14FN3O. The third kappa shape index (κ3) is 1.88. The summed E-state index contributed by atoms with van der Waals surface area (Å²) in [4.78, 5) is 4.32. The van der Waals surface area contributed by atoms with Crippen LogP contribution < -0.4 is 0 Å². The fraction of sp³-hybridized carbons (Fsp3) is 0.400. The fourth-order valence-electron chi connectivity index (χ4n) is 2.68. The molecule has 1 aliphatic carbocycles. The van der Waals surface area contributed by atoms with Crippen LogP contribution in [-0.2, 0) is 0 Å². The van der Waals surface area contributed by atoms with E-state index < -0.39 is 0 Å². The second kappa shape index (κ2) is 4.14. The second-order valence-electron chi connectivity index (χ2n) is 5.88. The van der Waals surface area contributed by atoms with Gasteiger partial charge in [0.05, 0.1) is 17.9 Å². The van der Waals surface area contributed by atoms with E-state index in [4.69, 9.17) is 9.78 Å². The van der Waals surface area contributed by atoms with Crippen molar-refractivity contribution in [2.24, 2.45) is 11.3 Å². The molecule has 0 bridgehead atoms. The number of aromatic nitrogens is 2. The molecule has 0 amide bonds. The maximum absolute atomic E-state index is 13.4. The second-order valence-corrected chi connectivity index (χ2v) is 5.88. The molecule has 0 radical (unpaired) electrons. The summed E-state index contributed by atoms with van der Waals surface area (Å²) in [6, 6.07) is 6.88. The lowest BCUT2D eigenvalue weighted by atomic mass is 10.1. The predicted molar refractivity (Wildman–Crippen MR) is 70.1 cm³/mol. The lowest BCUT2D eigenvalue weighted by Gasteiger charge is -1.97. The zero-order valence-electron chi connectivity index (χ0n) is 11.5. The molecule has 0 N–H and O–H groups in total. The quantitative estimate of drug-likeness (QED) is 0.839. The SMILES string of the molecule is Cc1cc(F)cc(-c2noc(C3C(C#N)C3(C)C)n2)c1. The minimum absolute atomic E-state index is 0.0385. The Balaban J connectivity index is 1.94. The first-order valence-electron chi connectivity index (χ1n) is 6.44. The van der Waals surface area contributed by atoms with Crippen LogP contribution in [0.25, 0.3) is 11.4 Å². The lowest BCUT2D eigenvalue weighted by molar-refractivity contribution is 0.368. The van der Waals surface area contributed by atoms with E-state index in [0.29, 0.717) is 17.3 Å². The Labute approximate surface area is 116 Å². The minimum atomic E-state index is -0.326. The molecule has 1 fully saturated rings. The monoisotopic (exact) mass is 271 g/mol. The van der Waals surface area contributed by atoms with Gasteiger partial charge in [0.25, 0.3) is 0 Å². The Hall–Kier alpha value is -2.22. The van der Waals surface area contributed by atoms with Gasteiger partial charge in [-0.15, -0.1) is 0 Å². The summed E-state index contributed by atoms with van der Waals surface area (Å²) in [7, 11) is 0. The normalized spacial score (nSPS) is 23.4. The molecule has 3 rings (SSSR count). The molecular weight excluding hydrogens is 257 g/mol. The topological polar surface area (TPSA) is 62.7 Å². The van der Waals surface area contributed by atoms with Gasteiger partial charge in [0, 0.05) is 5.56 Å². The molecule has 2 aromatic rings. The summed E-state index contributed by atoms with van der Waals surface area (Å²) in [5.74, 6) is 0.349. The molecule has 0 saturated heterocycles. The van der Waals surface area contributed by atoms with Gasteiger partial charge < -0.3 is 4.52 Å². The number of nitriles is 1. The zero-order chi connectivity index (χ0) is 14.5. The maximum atomic E-state index is 13.4. The minimum Gasteiger partial charge on any atom is -0.339 e. The van der Waals surface area contributed by atoms with E-state index in [-0.39, 0.29) is 23.1 Å². The Bertz CT molecular complexity index is 694. The standard InChI is InChI=1S/C15H14FN3O/c1-8-4-9(6-10(16)5-8)13-18-14(20-19-13)12-11(7-17)15(12,2)3/h4-6,11-12H,1-3H3. The van der Waals surface area contributed by atoms with E-state index in [1.807, 2.05) is 20.8 Å². The largest absolute Gasteiger partial charge is 0.339 e. The van der Waals surface area contributed by atoms with Gasteiger partial charge in [-0.1, -0.05) is 19.0 Å². The maximum Gasteiger partial charge on any atom is 0.232 e. The highest BCUT2D eigenvalue weighted by Crippen LogP contribution is 2.63. The molecule has 20 heavy (non-hydrogen) atoms. The number of rotatable bonds is 2.